The zero-order valence-corrected chi connectivity index (χ0v) is 10.7. The van der Waals surface area contributed by atoms with Crippen LogP contribution in [0.25, 0.3) is 11.6 Å². The molecule has 0 fully saturated rings. The number of hydrogen-bond donors (Lipinski definition) is 2. The number of nitrogens with zero attached hydrogens (tertiary/aromatic N) is 1. The van der Waals surface area contributed by atoms with Crippen LogP contribution in [0.5, 0.6) is 5.75 Å². The third-order valence-corrected chi connectivity index (χ3v) is 3.25. The number of nitrogens with one attached hydrogen (secondary N) is 1. The van der Waals surface area contributed by atoms with E-state index in [0.29, 0.717) is 5.82 Å². The third-order valence-electron chi connectivity index (χ3n) is 3.25. The molecule has 3 rings (SSSR count). The van der Waals surface area contributed by atoms with Crippen molar-refractivity contribution in [1.82, 2.24) is 10.2 Å². The Balaban J connectivity index is 2.15. The van der Waals surface area contributed by atoms with Gasteiger partial charge in [-0.15, -0.1) is 0 Å². The smallest absolute Gasteiger partial charge is 0.152 e. The average Bonchev–Trinajstić information content (AvgIpc) is 2.67. The molecule has 4 nitrogen and oxygen atoms in total. The Labute approximate surface area is 111 Å². The Morgan fingerprint density at radius 3 is 3.00 bits per heavy atom. The van der Waals surface area contributed by atoms with Gasteiger partial charge in [-0.1, -0.05) is 30.4 Å². The zero-order valence-electron chi connectivity index (χ0n) is 10.7. The van der Waals surface area contributed by atoms with Crippen LogP contribution in [0.15, 0.2) is 36.4 Å². The predicted molar refractivity (Wildman–Crippen MR) is 76.7 cm³/mol. The van der Waals surface area contributed by atoms with Gasteiger partial charge in [0, 0.05) is 23.2 Å². The fourth-order valence-electron chi connectivity index (χ4n) is 2.28. The summed E-state index contributed by atoms with van der Waals surface area (Å²) in [5.74, 6) is 1.38. The Bertz CT molecular complexity index is 668. The molecule has 0 unspecified atom stereocenters. The van der Waals surface area contributed by atoms with Gasteiger partial charge in [-0.3, -0.25) is 5.10 Å². The van der Waals surface area contributed by atoms with Crippen molar-refractivity contribution in [3.8, 4) is 5.75 Å². The minimum Gasteiger partial charge on any atom is -0.496 e. The second-order valence-corrected chi connectivity index (χ2v) is 4.41. The molecule has 1 aromatic heterocycles. The molecule has 0 saturated heterocycles. The standard InChI is InChI=1S/C15H15N3O/c1-19-14-8-3-2-6-11(14)10-5-4-7-13-12(9-10)15(16)18-17-13/h2-6,8-9H,7H2,1H3,(H3,16,17,18). The summed E-state index contributed by atoms with van der Waals surface area (Å²) in [6.45, 7) is 0. The molecule has 0 bridgehead atoms. The van der Waals surface area contributed by atoms with Crippen LogP contribution in [-0.4, -0.2) is 17.3 Å². The first kappa shape index (κ1) is 11.6. The van der Waals surface area contributed by atoms with E-state index in [9.17, 15) is 0 Å². The number of rotatable bonds is 2. The molecule has 19 heavy (non-hydrogen) atoms. The van der Waals surface area contributed by atoms with Crippen molar-refractivity contribution < 1.29 is 4.74 Å². The van der Waals surface area contributed by atoms with Crippen LogP contribution in [0, 0.1) is 0 Å². The van der Waals surface area contributed by atoms with Crippen LogP contribution < -0.4 is 10.5 Å². The van der Waals surface area contributed by atoms with Crippen molar-refractivity contribution in [2.45, 2.75) is 6.42 Å². The van der Waals surface area contributed by atoms with Crippen molar-refractivity contribution in [2.24, 2.45) is 0 Å². The zero-order chi connectivity index (χ0) is 13.2. The summed E-state index contributed by atoms with van der Waals surface area (Å²) in [6, 6.07) is 7.95. The molecule has 0 saturated carbocycles. The molecule has 4 heteroatoms. The van der Waals surface area contributed by atoms with Gasteiger partial charge in [0.15, 0.2) is 5.82 Å². The topological polar surface area (TPSA) is 63.9 Å². The lowest BCUT2D eigenvalue weighted by atomic mass is 10.0. The fraction of sp³-hybridized carbons (Fsp3) is 0.133. The molecule has 0 radical (unpaired) electrons. The monoisotopic (exact) mass is 253 g/mol. The number of benzene rings is 1. The van der Waals surface area contributed by atoms with Crippen LogP contribution in [0.1, 0.15) is 16.8 Å². The van der Waals surface area contributed by atoms with Crippen LogP contribution in [0.4, 0.5) is 5.82 Å². The largest absolute Gasteiger partial charge is 0.496 e. The molecule has 1 heterocycles. The molecule has 96 valence electrons. The number of hydrogen-bond acceptors (Lipinski definition) is 3. The van der Waals surface area contributed by atoms with E-state index in [1.54, 1.807) is 7.11 Å². The maximum Gasteiger partial charge on any atom is 0.152 e. The summed E-state index contributed by atoms with van der Waals surface area (Å²) >= 11 is 0. The summed E-state index contributed by atoms with van der Waals surface area (Å²) in [4.78, 5) is 0. The quantitative estimate of drug-likeness (QED) is 0.864. The summed E-state index contributed by atoms with van der Waals surface area (Å²) in [5.41, 5.74) is 10.0. The summed E-state index contributed by atoms with van der Waals surface area (Å²) in [7, 11) is 1.68. The van der Waals surface area contributed by atoms with E-state index in [4.69, 9.17) is 10.5 Å². The highest BCUT2D eigenvalue weighted by Crippen LogP contribution is 2.31. The molecule has 0 atom stereocenters. The van der Waals surface area contributed by atoms with Crippen molar-refractivity contribution in [3.05, 3.63) is 53.2 Å². The lowest BCUT2D eigenvalue weighted by molar-refractivity contribution is 0.413. The van der Waals surface area contributed by atoms with E-state index < -0.39 is 0 Å². The van der Waals surface area contributed by atoms with Gasteiger partial charge in [0.1, 0.15) is 5.75 Å². The highest BCUT2D eigenvalue weighted by Gasteiger charge is 2.13. The maximum atomic E-state index is 5.90. The number of aromatic nitrogens is 2. The third kappa shape index (κ3) is 2.01. The van der Waals surface area contributed by atoms with Crippen molar-refractivity contribution in [2.75, 3.05) is 12.8 Å². The highest BCUT2D eigenvalue weighted by molar-refractivity contribution is 5.92. The number of fused-ring (bicyclic) bond motifs is 1. The van der Waals surface area contributed by atoms with Crippen LogP contribution >= 0.6 is 0 Å². The van der Waals surface area contributed by atoms with Gasteiger partial charge < -0.3 is 10.5 Å². The van der Waals surface area contributed by atoms with Gasteiger partial charge in [0.05, 0.1) is 7.11 Å². The molecule has 0 spiro atoms. The molecule has 1 aliphatic carbocycles. The fourth-order valence-corrected chi connectivity index (χ4v) is 2.28. The van der Waals surface area contributed by atoms with E-state index in [-0.39, 0.29) is 0 Å². The summed E-state index contributed by atoms with van der Waals surface area (Å²) in [5, 5.41) is 7.02. The number of nitrogens with two attached hydrogens (primary N) is 1. The van der Waals surface area contributed by atoms with Crippen molar-refractivity contribution in [1.29, 1.82) is 0 Å². The number of methoxy groups -OCH3 is 1. The maximum absolute atomic E-state index is 5.90. The number of H-pyrrole nitrogens is 1. The van der Waals surface area contributed by atoms with Crippen molar-refractivity contribution in [3.63, 3.8) is 0 Å². The summed E-state index contributed by atoms with van der Waals surface area (Å²) in [6.07, 6.45) is 7.04. The minimum atomic E-state index is 0.533. The highest BCUT2D eigenvalue weighted by atomic mass is 16.5. The number of para-hydroxylation sites is 1. The second-order valence-electron chi connectivity index (χ2n) is 4.41. The second kappa shape index (κ2) is 4.65. The molecular weight excluding hydrogens is 238 g/mol. The molecular formula is C15H15N3O. The van der Waals surface area contributed by atoms with E-state index in [1.165, 1.54) is 0 Å². The first-order valence-corrected chi connectivity index (χ1v) is 6.14. The van der Waals surface area contributed by atoms with Gasteiger partial charge in [-0.25, -0.2) is 0 Å². The van der Waals surface area contributed by atoms with Gasteiger partial charge in [0.2, 0.25) is 0 Å². The Hall–Kier alpha value is -2.49. The number of aromatic amines is 1. The van der Waals surface area contributed by atoms with Gasteiger partial charge in [-0.05, 0) is 17.7 Å². The SMILES string of the molecule is COc1ccccc1C1=Cc2c(N)n[nH]c2CC=C1. The molecule has 3 N–H and O–H groups in total. The van der Waals surface area contributed by atoms with Gasteiger partial charge in [0.25, 0.3) is 0 Å². The Morgan fingerprint density at radius 1 is 1.32 bits per heavy atom. The molecule has 1 aliphatic rings. The Morgan fingerprint density at radius 2 is 2.16 bits per heavy atom. The van der Waals surface area contributed by atoms with E-state index in [2.05, 4.69) is 28.4 Å². The van der Waals surface area contributed by atoms with E-state index in [1.807, 2.05) is 24.3 Å². The Kier molecular flexibility index (Phi) is 2.83. The molecule has 0 amide bonds. The lowest BCUT2D eigenvalue weighted by Gasteiger charge is -2.08. The number of anilines is 1. The van der Waals surface area contributed by atoms with E-state index in [0.717, 1.165) is 34.6 Å². The van der Waals surface area contributed by atoms with Crippen LogP contribution in [-0.2, 0) is 6.42 Å². The first-order chi connectivity index (χ1) is 9.29. The molecule has 1 aromatic carbocycles. The number of allylic oxidation sites excluding steroid dienone is 3. The number of nitrogen functional groups attached to an aromatic ring is 1. The van der Waals surface area contributed by atoms with Crippen molar-refractivity contribution >= 4 is 17.5 Å². The molecule has 2 aromatic rings. The average molecular weight is 253 g/mol. The van der Waals surface area contributed by atoms with Gasteiger partial charge >= 0.3 is 0 Å². The first-order valence-electron chi connectivity index (χ1n) is 6.14. The predicted octanol–water partition coefficient (Wildman–Crippen LogP) is 2.65. The number of ether oxygens (including phenoxy) is 1. The minimum absolute atomic E-state index is 0.533. The van der Waals surface area contributed by atoms with Gasteiger partial charge in [-0.2, -0.15) is 5.10 Å². The summed E-state index contributed by atoms with van der Waals surface area (Å²) < 4.78 is 5.41. The van der Waals surface area contributed by atoms with E-state index >= 15 is 0 Å². The van der Waals surface area contributed by atoms with Crippen LogP contribution in [0.2, 0.25) is 0 Å². The lowest BCUT2D eigenvalue weighted by Crippen LogP contribution is -1.91. The molecule has 0 aliphatic heterocycles. The van der Waals surface area contributed by atoms with Crippen LogP contribution in [0.3, 0.4) is 0 Å². The normalized spacial score (nSPS) is 13.6.